The topological polar surface area (TPSA) is 67.6 Å². The second kappa shape index (κ2) is 6.09. The van der Waals surface area contributed by atoms with E-state index in [1.54, 1.807) is 25.2 Å². The van der Waals surface area contributed by atoms with Crippen LogP contribution < -0.4 is 15.9 Å². The van der Waals surface area contributed by atoms with Gasteiger partial charge in [0, 0.05) is 26.2 Å². The van der Waals surface area contributed by atoms with Crippen molar-refractivity contribution in [3.63, 3.8) is 0 Å². The summed E-state index contributed by atoms with van der Waals surface area (Å²) < 4.78 is 5.37. The first-order valence-electron chi connectivity index (χ1n) is 5.01. The summed E-state index contributed by atoms with van der Waals surface area (Å²) >= 11 is 0. The maximum atomic E-state index is 11.3. The number of carbonyl (C=O) groups is 1. The Hall–Kier alpha value is -1.59. The SMILES string of the molecule is CN(C)NC(=O)COc1ccccc1CN. The zero-order valence-corrected chi connectivity index (χ0v) is 9.56. The first-order valence-corrected chi connectivity index (χ1v) is 5.01. The molecular formula is C11H17N3O2. The molecule has 0 bridgehead atoms. The molecule has 88 valence electrons. The van der Waals surface area contributed by atoms with Crippen LogP contribution in [0.5, 0.6) is 5.75 Å². The van der Waals surface area contributed by atoms with Crippen LogP contribution in [0.25, 0.3) is 0 Å². The van der Waals surface area contributed by atoms with E-state index in [1.165, 1.54) is 0 Å². The maximum Gasteiger partial charge on any atom is 0.272 e. The maximum absolute atomic E-state index is 11.3. The summed E-state index contributed by atoms with van der Waals surface area (Å²) in [5, 5.41) is 1.57. The molecule has 0 atom stereocenters. The molecule has 1 amide bonds. The lowest BCUT2D eigenvalue weighted by Gasteiger charge is -2.13. The highest BCUT2D eigenvalue weighted by Crippen LogP contribution is 2.16. The quantitative estimate of drug-likeness (QED) is 0.696. The second-order valence-electron chi connectivity index (χ2n) is 3.53. The zero-order valence-electron chi connectivity index (χ0n) is 9.56. The van der Waals surface area contributed by atoms with Gasteiger partial charge in [0.1, 0.15) is 5.75 Å². The molecule has 0 heterocycles. The summed E-state index contributed by atoms with van der Waals surface area (Å²) in [4.78, 5) is 11.3. The van der Waals surface area contributed by atoms with E-state index in [0.29, 0.717) is 12.3 Å². The molecule has 5 heteroatoms. The van der Waals surface area contributed by atoms with E-state index in [1.807, 2.05) is 18.2 Å². The second-order valence-corrected chi connectivity index (χ2v) is 3.53. The van der Waals surface area contributed by atoms with Crippen molar-refractivity contribution in [2.75, 3.05) is 20.7 Å². The third kappa shape index (κ3) is 3.88. The van der Waals surface area contributed by atoms with Crippen molar-refractivity contribution in [1.29, 1.82) is 0 Å². The standard InChI is InChI=1S/C11H17N3O2/c1-14(2)13-11(15)8-16-10-6-4-3-5-9(10)7-12/h3-6H,7-8,12H2,1-2H3,(H,13,15). The molecular weight excluding hydrogens is 206 g/mol. The Labute approximate surface area is 95.2 Å². The van der Waals surface area contributed by atoms with Gasteiger partial charge in [-0.2, -0.15) is 0 Å². The Balaban J connectivity index is 2.51. The van der Waals surface area contributed by atoms with E-state index in [2.05, 4.69) is 5.43 Å². The molecule has 1 rings (SSSR count). The van der Waals surface area contributed by atoms with E-state index in [0.717, 1.165) is 5.56 Å². The van der Waals surface area contributed by atoms with Crippen LogP contribution in [0.3, 0.4) is 0 Å². The monoisotopic (exact) mass is 223 g/mol. The minimum atomic E-state index is -0.197. The lowest BCUT2D eigenvalue weighted by molar-refractivity contribution is -0.126. The highest BCUT2D eigenvalue weighted by molar-refractivity contribution is 5.76. The van der Waals surface area contributed by atoms with Gasteiger partial charge in [0.15, 0.2) is 6.61 Å². The predicted molar refractivity (Wildman–Crippen MR) is 61.7 cm³/mol. The number of hydrogen-bond donors (Lipinski definition) is 2. The average molecular weight is 223 g/mol. The average Bonchev–Trinajstić information content (AvgIpc) is 2.26. The van der Waals surface area contributed by atoms with Gasteiger partial charge in [-0.25, -0.2) is 5.01 Å². The highest BCUT2D eigenvalue weighted by Gasteiger charge is 2.05. The van der Waals surface area contributed by atoms with Crippen LogP contribution in [0.1, 0.15) is 5.56 Å². The Morgan fingerprint density at radius 1 is 1.44 bits per heavy atom. The first kappa shape index (κ1) is 12.5. The van der Waals surface area contributed by atoms with Crippen molar-refractivity contribution >= 4 is 5.91 Å². The minimum absolute atomic E-state index is 0.0187. The molecule has 1 aromatic carbocycles. The van der Waals surface area contributed by atoms with E-state index in [9.17, 15) is 4.79 Å². The Morgan fingerprint density at radius 2 is 2.12 bits per heavy atom. The number of nitrogens with one attached hydrogen (secondary N) is 1. The summed E-state index contributed by atoms with van der Waals surface area (Å²) in [6, 6.07) is 7.40. The third-order valence-corrected chi connectivity index (χ3v) is 1.90. The lowest BCUT2D eigenvalue weighted by atomic mass is 10.2. The van der Waals surface area contributed by atoms with E-state index < -0.39 is 0 Å². The van der Waals surface area contributed by atoms with Crippen LogP contribution in [-0.2, 0) is 11.3 Å². The molecule has 0 unspecified atom stereocenters. The fourth-order valence-electron chi connectivity index (χ4n) is 1.24. The number of rotatable bonds is 5. The summed E-state index contributed by atoms with van der Waals surface area (Å²) in [6.45, 7) is 0.376. The van der Waals surface area contributed by atoms with Gasteiger partial charge in [-0.15, -0.1) is 0 Å². The molecule has 0 aliphatic heterocycles. The van der Waals surface area contributed by atoms with Gasteiger partial charge >= 0.3 is 0 Å². The number of benzene rings is 1. The molecule has 0 saturated carbocycles. The van der Waals surface area contributed by atoms with Crippen LogP contribution in [-0.4, -0.2) is 31.6 Å². The first-order chi connectivity index (χ1) is 7.63. The van der Waals surface area contributed by atoms with Crippen LogP contribution in [0.15, 0.2) is 24.3 Å². The Bertz CT molecular complexity index is 353. The summed E-state index contributed by atoms with van der Waals surface area (Å²) in [7, 11) is 3.48. The lowest BCUT2D eigenvalue weighted by Crippen LogP contribution is -2.39. The largest absolute Gasteiger partial charge is 0.483 e. The molecule has 0 aliphatic carbocycles. The van der Waals surface area contributed by atoms with Gasteiger partial charge in [-0.05, 0) is 6.07 Å². The number of ether oxygens (including phenoxy) is 1. The van der Waals surface area contributed by atoms with Gasteiger partial charge < -0.3 is 10.5 Å². The number of hydrogen-bond acceptors (Lipinski definition) is 4. The third-order valence-electron chi connectivity index (χ3n) is 1.90. The van der Waals surface area contributed by atoms with Gasteiger partial charge in [0.2, 0.25) is 0 Å². The van der Waals surface area contributed by atoms with E-state index >= 15 is 0 Å². The van der Waals surface area contributed by atoms with Crippen molar-refractivity contribution in [3.05, 3.63) is 29.8 Å². The van der Waals surface area contributed by atoms with Crippen molar-refractivity contribution < 1.29 is 9.53 Å². The van der Waals surface area contributed by atoms with Crippen molar-refractivity contribution in [3.8, 4) is 5.75 Å². The molecule has 0 aliphatic rings. The zero-order chi connectivity index (χ0) is 12.0. The molecule has 3 N–H and O–H groups in total. The van der Waals surface area contributed by atoms with Crippen LogP contribution in [0.2, 0.25) is 0 Å². The van der Waals surface area contributed by atoms with Gasteiger partial charge in [-0.1, -0.05) is 18.2 Å². The van der Waals surface area contributed by atoms with Crippen molar-refractivity contribution in [2.45, 2.75) is 6.54 Å². The van der Waals surface area contributed by atoms with Gasteiger partial charge in [-0.3, -0.25) is 10.2 Å². The molecule has 16 heavy (non-hydrogen) atoms. The Kier molecular flexibility index (Phi) is 4.75. The smallest absolute Gasteiger partial charge is 0.272 e. The minimum Gasteiger partial charge on any atom is -0.483 e. The summed E-state index contributed by atoms with van der Waals surface area (Å²) in [5.74, 6) is 0.454. The Morgan fingerprint density at radius 3 is 2.75 bits per heavy atom. The number of carbonyl (C=O) groups excluding carboxylic acids is 1. The van der Waals surface area contributed by atoms with Crippen LogP contribution in [0, 0.1) is 0 Å². The van der Waals surface area contributed by atoms with Gasteiger partial charge in [0.25, 0.3) is 5.91 Å². The molecule has 5 nitrogen and oxygen atoms in total. The normalized spacial score (nSPS) is 10.2. The van der Waals surface area contributed by atoms with Gasteiger partial charge in [0.05, 0.1) is 0 Å². The van der Waals surface area contributed by atoms with Crippen LogP contribution in [0.4, 0.5) is 0 Å². The van der Waals surface area contributed by atoms with Crippen LogP contribution >= 0.6 is 0 Å². The molecule has 0 spiro atoms. The number of nitrogens with two attached hydrogens (primary N) is 1. The number of para-hydroxylation sites is 1. The molecule has 1 aromatic rings. The fourth-order valence-corrected chi connectivity index (χ4v) is 1.24. The number of nitrogens with zero attached hydrogens (tertiary/aromatic N) is 1. The highest BCUT2D eigenvalue weighted by atomic mass is 16.5. The number of amides is 1. The van der Waals surface area contributed by atoms with Crippen molar-refractivity contribution in [1.82, 2.24) is 10.4 Å². The molecule has 0 radical (unpaired) electrons. The predicted octanol–water partition coefficient (Wildman–Crippen LogP) is 0.117. The molecule has 0 fully saturated rings. The summed E-state index contributed by atoms with van der Waals surface area (Å²) in [6.07, 6.45) is 0. The van der Waals surface area contributed by atoms with E-state index in [-0.39, 0.29) is 12.5 Å². The molecule has 0 aromatic heterocycles. The van der Waals surface area contributed by atoms with Crippen molar-refractivity contribution in [2.24, 2.45) is 5.73 Å². The number of hydrazine groups is 1. The molecule has 0 saturated heterocycles. The van der Waals surface area contributed by atoms with E-state index in [4.69, 9.17) is 10.5 Å². The fraction of sp³-hybridized carbons (Fsp3) is 0.364. The summed E-state index contributed by atoms with van der Waals surface area (Å²) in [5.41, 5.74) is 9.03.